The third-order valence-electron chi connectivity index (χ3n) is 1.76. The molecule has 0 saturated heterocycles. The Morgan fingerprint density at radius 2 is 2.13 bits per heavy atom. The molecule has 0 aliphatic heterocycles. The van der Waals surface area contributed by atoms with Crippen LogP contribution in [-0.4, -0.2) is 15.4 Å². The minimum atomic E-state index is -0.894. The Morgan fingerprint density at radius 1 is 1.33 bits per heavy atom. The number of benzene rings is 1. The van der Waals surface area contributed by atoms with E-state index in [2.05, 4.69) is 14.7 Å². The maximum atomic E-state index is 10.5. The van der Waals surface area contributed by atoms with E-state index >= 15 is 0 Å². The van der Waals surface area contributed by atoms with Gasteiger partial charge in [0.25, 0.3) is 0 Å². The van der Waals surface area contributed by atoms with Gasteiger partial charge in [0, 0.05) is 23.1 Å². The normalized spacial score (nSPS) is 10.3. The SMILES string of the molecule is O=C(Cl)Oc1ccc2c(Cl)ncnc2c1. The molecule has 4 nitrogen and oxygen atoms in total. The van der Waals surface area contributed by atoms with Gasteiger partial charge < -0.3 is 4.74 Å². The molecule has 0 saturated carbocycles. The van der Waals surface area contributed by atoms with E-state index in [-0.39, 0.29) is 0 Å². The topological polar surface area (TPSA) is 52.1 Å². The Morgan fingerprint density at radius 3 is 2.87 bits per heavy atom. The number of aromatic nitrogens is 2. The first kappa shape index (κ1) is 10.1. The molecule has 6 heteroatoms. The van der Waals surface area contributed by atoms with Crippen LogP contribution in [0.2, 0.25) is 5.15 Å². The smallest absolute Gasteiger partial charge is 0.409 e. The molecule has 0 fully saturated rings. The molecule has 0 spiro atoms. The number of hydrogen-bond acceptors (Lipinski definition) is 4. The molecule has 0 aliphatic carbocycles. The molecule has 76 valence electrons. The molecule has 0 N–H and O–H groups in total. The summed E-state index contributed by atoms with van der Waals surface area (Å²) in [5, 5.41) is 1.04. The fourth-order valence-corrected chi connectivity index (χ4v) is 1.45. The third kappa shape index (κ3) is 2.16. The average Bonchev–Trinajstić information content (AvgIpc) is 2.17. The van der Waals surface area contributed by atoms with Gasteiger partial charge in [-0.05, 0) is 12.1 Å². The van der Waals surface area contributed by atoms with Gasteiger partial charge in [-0.1, -0.05) is 11.6 Å². The highest BCUT2D eigenvalue weighted by Crippen LogP contribution is 2.23. The van der Waals surface area contributed by atoms with Crippen LogP contribution >= 0.6 is 23.2 Å². The number of hydrogen-bond donors (Lipinski definition) is 0. The first-order chi connectivity index (χ1) is 7.16. The van der Waals surface area contributed by atoms with Gasteiger partial charge in [-0.3, -0.25) is 0 Å². The zero-order valence-electron chi connectivity index (χ0n) is 7.28. The quantitative estimate of drug-likeness (QED) is 0.570. The lowest BCUT2D eigenvalue weighted by Gasteiger charge is -2.02. The number of carbonyl (C=O) groups excluding carboxylic acids is 1. The van der Waals surface area contributed by atoms with Gasteiger partial charge in [-0.25, -0.2) is 14.8 Å². The van der Waals surface area contributed by atoms with Crippen LogP contribution in [0.4, 0.5) is 4.79 Å². The largest absolute Gasteiger partial charge is 0.414 e. The molecule has 1 aromatic carbocycles. The number of carbonyl (C=O) groups is 1. The van der Waals surface area contributed by atoms with Crippen LogP contribution in [0.1, 0.15) is 0 Å². The summed E-state index contributed by atoms with van der Waals surface area (Å²) in [6.45, 7) is 0. The fraction of sp³-hybridized carbons (Fsp3) is 0. The van der Waals surface area contributed by atoms with E-state index in [1.54, 1.807) is 18.2 Å². The Balaban J connectivity index is 2.52. The molecule has 0 bridgehead atoms. The van der Waals surface area contributed by atoms with E-state index in [4.69, 9.17) is 23.2 Å². The van der Waals surface area contributed by atoms with Crippen molar-refractivity contribution >= 4 is 39.5 Å². The molecule has 2 rings (SSSR count). The van der Waals surface area contributed by atoms with Gasteiger partial charge in [0.1, 0.15) is 17.2 Å². The van der Waals surface area contributed by atoms with E-state index in [0.29, 0.717) is 21.8 Å². The second-order valence-electron chi connectivity index (χ2n) is 2.68. The van der Waals surface area contributed by atoms with E-state index < -0.39 is 5.43 Å². The summed E-state index contributed by atoms with van der Waals surface area (Å²) in [6.07, 6.45) is 1.33. The predicted molar refractivity (Wildman–Crippen MR) is 56.4 cm³/mol. The molecule has 15 heavy (non-hydrogen) atoms. The van der Waals surface area contributed by atoms with Crippen LogP contribution in [0.25, 0.3) is 10.9 Å². The molecule has 0 amide bonds. The maximum absolute atomic E-state index is 10.5. The summed E-state index contributed by atoms with van der Waals surface area (Å²) in [4.78, 5) is 18.3. The van der Waals surface area contributed by atoms with Crippen molar-refractivity contribution < 1.29 is 9.53 Å². The van der Waals surface area contributed by atoms with Gasteiger partial charge in [0.15, 0.2) is 0 Å². The maximum Gasteiger partial charge on any atom is 0.409 e. The van der Waals surface area contributed by atoms with Gasteiger partial charge in [0.2, 0.25) is 0 Å². The number of rotatable bonds is 1. The van der Waals surface area contributed by atoms with Crippen LogP contribution in [-0.2, 0) is 0 Å². The second kappa shape index (κ2) is 4.00. The van der Waals surface area contributed by atoms with Crippen LogP contribution < -0.4 is 4.74 Å². The van der Waals surface area contributed by atoms with E-state index in [9.17, 15) is 4.79 Å². The van der Waals surface area contributed by atoms with Crippen molar-refractivity contribution in [1.29, 1.82) is 0 Å². The standard InChI is InChI=1S/C9H4Cl2N2O2/c10-8-6-2-1-5(15-9(11)14)3-7(6)12-4-13-8/h1-4H. The molecule has 0 aliphatic rings. The molecule has 1 aromatic heterocycles. The predicted octanol–water partition coefficient (Wildman–Crippen LogP) is 3.02. The second-order valence-corrected chi connectivity index (χ2v) is 3.35. The fourth-order valence-electron chi connectivity index (χ4n) is 1.16. The minimum absolute atomic E-state index is 0.317. The Kier molecular flexibility index (Phi) is 2.70. The Bertz CT molecular complexity index is 531. The van der Waals surface area contributed by atoms with Crippen molar-refractivity contribution in [2.75, 3.05) is 0 Å². The lowest BCUT2D eigenvalue weighted by molar-refractivity contribution is 0.225. The Labute approximate surface area is 94.8 Å². The molecule has 0 unspecified atom stereocenters. The highest BCUT2D eigenvalue weighted by molar-refractivity contribution is 6.61. The molecule has 2 aromatic rings. The summed E-state index contributed by atoms with van der Waals surface area (Å²) in [5.41, 5.74) is -0.306. The average molecular weight is 243 g/mol. The van der Waals surface area contributed by atoms with E-state index in [1.165, 1.54) is 6.33 Å². The first-order valence-electron chi connectivity index (χ1n) is 3.94. The molecule has 1 heterocycles. The van der Waals surface area contributed by atoms with Gasteiger partial charge in [-0.15, -0.1) is 0 Å². The molecular weight excluding hydrogens is 239 g/mol. The van der Waals surface area contributed by atoms with Crippen LogP contribution in [0.5, 0.6) is 5.75 Å². The summed E-state index contributed by atoms with van der Waals surface area (Å²) in [5.74, 6) is 0.317. The van der Waals surface area contributed by atoms with E-state index in [1.807, 2.05) is 0 Å². The van der Waals surface area contributed by atoms with Crippen LogP contribution in [0.15, 0.2) is 24.5 Å². The Hall–Kier alpha value is -1.39. The molecule has 0 radical (unpaired) electrons. The number of halogens is 2. The van der Waals surface area contributed by atoms with Gasteiger partial charge in [0.05, 0.1) is 5.52 Å². The van der Waals surface area contributed by atoms with Crippen molar-refractivity contribution in [3.8, 4) is 5.75 Å². The van der Waals surface area contributed by atoms with E-state index in [0.717, 1.165) is 0 Å². The van der Waals surface area contributed by atoms with Crippen molar-refractivity contribution in [1.82, 2.24) is 9.97 Å². The summed E-state index contributed by atoms with van der Waals surface area (Å²) >= 11 is 10.9. The number of fused-ring (bicyclic) bond motifs is 1. The summed E-state index contributed by atoms with van der Waals surface area (Å²) < 4.78 is 4.69. The lowest BCUT2D eigenvalue weighted by Crippen LogP contribution is -1.96. The summed E-state index contributed by atoms with van der Waals surface area (Å²) in [7, 11) is 0. The van der Waals surface area contributed by atoms with Crippen molar-refractivity contribution in [2.45, 2.75) is 0 Å². The molecule has 0 atom stereocenters. The summed E-state index contributed by atoms with van der Waals surface area (Å²) in [6, 6.07) is 4.79. The monoisotopic (exact) mass is 242 g/mol. The van der Waals surface area contributed by atoms with Crippen LogP contribution in [0, 0.1) is 0 Å². The number of ether oxygens (including phenoxy) is 1. The highest BCUT2D eigenvalue weighted by Gasteiger charge is 2.04. The van der Waals surface area contributed by atoms with Crippen molar-refractivity contribution in [2.24, 2.45) is 0 Å². The van der Waals surface area contributed by atoms with Crippen molar-refractivity contribution in [3.63, 3.8) is 0 Å². The van der Waals surface area contributed by atoms with Gasteiger partial charge in [-0.2, -0.15) is 0 Å². The highest BCUT2D eigenvalue weighted by atomic mass is 35.5. The minimum Gasteiger partial charge on any atom is -0.414 e. The third-order valence-corrected chi connectivity index (χ3v) is 2.14. The lowest BCUT2D eigenvalue weighted by atomic mass is 10.2. The van der Waals surface area contributed by atoms with Crippen LogP contribution in [0.3, 0.4) is 0 Å². The molecular formula is C9H4Cl2N2O2. The van der Waals surface area contributed by atoms with Gasteiger partial charge >= 0.3 is 5.43 Å². The zero-order chi connectivity index (χ0) is 10.8. The van der Waals surface area contributed by atoms with Crippen molar-refractivity contribution in [3.05, 3.63) is 29.7 Å². The first-order valence-corrected chi connectivity index (χ1v) is 4.70. The zero-order valence-corrected chi connectivity index (χ0v) is 8.79. The number of nitrogens with zero attached hydrogens (tertiary/aromatic N) is 2.